The average molecular weight is 390 g/mol. The standard InChI is InChI=1S/C23H26N4O2/c1-3-21(28)24-16(2)23-25-18-11-5-7-13-20(18)27(23)15-22(29)26-14-8-10-17-9-4-6-12-19(17)26/h4-7,9,11-13,16H,3,8,10,14-15H2,1-2H3,(H,24,28). The second-order valence-electron chi connectivity index (χ2n) is 7.47. The molecule has 0 fully saturated rings. The molecule has 29 heavy (non-hydrogen) atoms. The van der Waals surface area contributed by atoms with Gasteiger partial charge in [0, 0.05) is 18.7 Å². The molecular formula is C23H26N4O2. The van der Waals surface area contributed by atoms with Crippen molar-refractivity contribution in [2.24, 2.45) is 0 Å². The molecule has 1 aliphatic rings. The molecule has 1 aliphatic heterocycles. The predicted octanol–water partition coefficient (Wildman–Crippen LogP) is 3.60. The van der Waals surface area contributed by atoms with Crippen LogP contribution in [0.3, 0.4) is 0 Å². The van der Waals surface area contributed by atoms with Gasteiger partial charge in [-0.2, -0.15) is 0 Å². The third-order valence-electron chi connectivity index (χ3n) is 5.47. The van der Waals surface area contributed by atoms with E-state index in [1.807, 2.05) is 65.8 Å². The van der Waals surface area contributed by atoms with Crippen molar-refractivity contribution in [3.05, 3.63) is 59.9 Å². The third-order valence-corrected chi connectivity index (χ3v) is 5.47. The first-order chi connectivity index (χ1) is 14.1. The zero-order valence-electron chi connectivity index (χ0n) is 16.9. The topological polar surface area (TPSA) is 67.2 Å². The number of imidazole rings is 1. The summed E-state index contributed by atoms with van der Waals surface area (Å²) in [6.45, 7) is 4.64. The van der Waals surface area contributed by atoms with E-state index in [0.29, 0.717) is 12.2 Å². The molecule has 3 aromatic rings. The number of nitrogens with zero attached hydrogens (tertiary/aromatic N) is 3. The molecule has 0 spiro atoms. The van der Waals surface area contributed by atoms with Gasteiger partial charge in [0.15, 0.2) is 0 Å². The molecule has 0 aliphatic carbocycles. The van der Waals surface area contributed by atoms with Gasteiger partial charge < -0.3 is 14.8 Å². The van der Waals surface area contributed by atoms with Gasteiger partial charge in [-0.05, 0) is 43.5 Å². The van der Waals surface area contributed by atoms with E-state index in [-0.39, 0.29) is 24.4 Å². The maximum absolute atomic E-state index is 13.3. The molecule has 6 nitrogen and oxygen atoms in total. The number of fused-ring (bicyclic) bond motifs is 2. The Morgan fingerprint density at radius 2 is 1.90 bits per heavy atom. The van der Waals surface area contributed by atoms with Gasteiger partial charge in [-0.25, -0.2) is 4.98 Å². The fourth-order valence-corrected chi connectivity index (χ4v) is 4.01. The van der Waals surface area contributed by atoms with Crippen molar-refractivity contribution in [3.8, 4) is 0 Å². The normalized spacial score (nSPS) is 14.5. The molecule has 0 bridgehead atoms. The van der Waals surface area contributed by atoms with Crippen LogP contribution in [0.15, 0.2) is 48.5 Å². The molecular weight excluding hydrogens is 364 g/mol. The molecule has 4 rings (SSSR count). The maximum Gasteiger partial charge on any atom is 0.246 e. The number of aromatic nitrogens is 2. The van der Waals surface area contributed by atoms with E-state index in [1.165, 1.54) is 5.56 Å². The van der Waals surface area contributed by atoms with E-state index in [2.05, 4.69) is 11.4 Å². The van der Waals surface area contributed by atoms with Crippen molar-refractivity contribution in [1.82, 2.24) is 14.9 Å². The zero-order valence-corrected chi connectivity index (χ0v) is 16.9. The number of anilines is 1. The number of para-hydroxylation sites is 3. The Hall–Kier alpha value is -3.15. The molecule has 1 N–H and O–H groups in total. The molecule has 1 atom stereocenters. The van der Waals surface area contributed by atoms with Crippen LogP contribution in [-0.2, 0) is 22.6 Å². The SMILES string of the molecule is CCC(=O)NC(C)c1nc2ccccc2n1CC(=O)N1CCCc2ccccc21. The molecule has 0 saturated heterocycles. The highest BCUT2D eigenvalue weighted by atomic mass is 16.2. The fraction of sp³-hybridized carbons (Fsp3) is 0.348. The molecule has 1 unspecified atom stereocenters. The quantitative estimate of drug-likeness (QED) is 0.724. The van der Waals surface area contributed by atoms with Crippen molar-refractivity contribution < 1.29 is 9.59 Å². The van der Waals surface area contributed by atoms with Crippen molar-refractivity contribution in [2.45, 2.75) is 45.7 Å². The minimum absolute atomic E-state index is 0.0348. The minimum atomic E-state index is -0.281. The number of benzene rings is 2. The second-order valence-corrected chi connectivity index (χ2v) is 7.47. The molecule has 150 valence electrons. The minimum Gasteiger partial charge on any atom is -0.346 e. The van der Waals surface area contributed by atoms with Crippen molar-refractivity contribution in [1.29, 1.82) is 0 Å². The summed E-state index contributed by atoms with van der Waals surface area (Å²) in [4.78, 5) is 31.8. The van der Waals surface area contributed by atoms with E-state index >= 15 is 0 Å². The van der Waals surface area contributed by atoms with Gasteiger partial charge >= 0.3 is 0 Å². The molecule has 1 aromatic heterocycles. The molecule has 2 heterocycles. The van der Waals surface area contributed by atoms with Crippen molar-refractivity contribution >= 4 is 28.5 Å². The van der Waals surface area contributed by atoms with Gasteiger partial charge in [0.25, 0.3) is 0 Å². The Bertz CT molecular complexity index is 1060. The highest BCUT2D eigenvalue weighted by Crippen LogP contribution is 2.28. The van der Waals surface area contributed by atoms with Crippen LogP contribution in [0.5, 0.6) is 0 Å². The number of hydrogen-bond acceptors (Lipinski definition) is 3. The van der Waals surface area contributed by atoms with Crippen LogP contribution < -0.4 is 10.2 Å². The van der Waals surface area contributed by atoms with Crippen LogP contribution in [0.4, 0.5) is 5.69 Å². The monoisotopic (exact) mass is 390 g/mol. The van der Waals surface area contributed by atoms with Gasteiger partial charge in [0.1, 0.15) is 12.4 Å². The highest BCUT2D eigenvalue weighted by molar-refractivity contribution is 5.95. The highest BCUT2D eigenvalue weighted by Gasteiger charge is 2.25. The van der Waals surface area contributed by atoms with E-state index in [9.17, 15) is 9.59 Å². The van der Waals surface area contributed by atoms with Crippen LogP contribution in [0.2, 0.25) is 0 Å². The van der Waals surface area contributed by atoms with E-state index in [0.717, 1.165) is 36.1 Å². The van der Waals surface area contributed by atoms with E-state index in [4.69, 9.17) is 4.98 Å². The number of amides is 2. The molecule has 0 radical (unpaired) electrons. The smallest absolute Gasteiger partial charge is 0.246 e. The second kappa shape index (κ2) is 8.07. The van der Waals surface area contributed by atoms with Crippen LogP contribution in [-0.4, -0.2) is 27.9 Å². The van der Waals surface area contributed by atoms with Crippen molar-refractivity contribution in [2.75, 3.05) is 11.4 Å². The lowest BCUT2D eigenvalue weighted by molar-refractivity contribution is -0.121. The third kappa shape index (κ3) is 3.75. The molecule has 2 amide bonds. The lowest BCUT2D eigenvalue weighted by Crippen LogP contribution is -2.38. The van der Waals surface area contributed by atoms with Gasteiger partial charge in [-0.1, -0.05) is 37.3 Å². The first-order valence-electron chi connectivity index (χ1n) is 10.2. The Morgan fingerprint density at radius 1 is 1.14 bits per heavy atom. The lowest BCUT2D eigenvalue weighted by Gasteiger charge is -2.30. The van der Waals surface area contributed by atoms with Crippen LogP contribution in [0.25, 0.3) is 11.0 Å². The number of hydrogen-bond donors (Lipinski definition) is 1. The van der Waals surface area contributed by atoms with Crippen LogP contribution >= 0.6 is 0 Å². The largest absolute Gasteiger partial charge is 0.346 e. The Balaban J connectivity index is 1.68. The summed E-state index contributed by atoms with van der Waals surface area (Å²) in [6.07, 6.45) is 2.37. The van der Waals surface area contributed by atoms with Crippen LogP contribution in [0.1, 0.15) is 44.1 Å². The lowest BCUT2D eigenvalue weighted by atomic mass is 10.0. The van der Waals surface area contributed by atoms with Gasteiger partial charge in [-0.3, -0.25) is 9.59 Å². The average Bonchev–Trinajstić information content (AvgIpc) is 3.11. The first-order valence-corrected chi connectivity index (χ1v) is 10.2. The Labute approximate surface area is 170 Å². The number of rotatable bonds is 5. The molecule has 6 heteroatoms. The first kappa shape index (κ1) is 19.2. The summed E-state index contributed by atoms with van der Waals surface area (Å²) >= 11 is 0. The van der Waals surface area contributed by atoms with Gasteiger partial charge in [-0.15, -0.1) is 0 Å². The summed E-state index contributed by atoms with van der Waals surface area (Å²) in [5, 5.41) is 2.97. The zero-order chi connectivity index (χ0) is 20.4. The summed E-state index contributed by atoms with van der Waals surface area (Å²) in [5.41, 5.74) is 3.94. The Morgan fingerprint density at radius 3 is 2.72 bits per heavy atom. The Kier molecular flexibility index (Phi) is 5.34. The summed E-state index contributed by atoms with van der Waals surface area (Å²) in [5.74, 6) is 0.703. The van der Waals surface area contributed by atoms with E-state index < -0.39 is 0 Å². The number of aryl methyl sites for hydroxylation is 1. The fourth-order valence-electron chi connectivity index (χ4n) is 4.01. The van der Waals surface area contributed by atoms with Crippen LogP contribution in [0, 0.1) is 0 Å². The van der Waals surface area contributed by atoms with E-state index in [1.54, 1.807) is 0 Å². The van der Waals surface area contributed by atoms with Gasteiger partial charge in [0.05, 0.1) is 17.1 Å². The number of nitrogens with one attached hydrogen (secondary N) is 1. The summed E-state index contributed by atoms with van der Waals surface area (Å²) < 4.78 is 1.94. The predicted molar refractivity (Wildman–Crippen MR) is 114 cm³/mol. The summed E-state index contributed by atoms with van der Waals surface area (Å²) in [7, 11) is 0. The number of carbonyl (C=O) groups excluding carboxylic acids is 2. The molecule has 0 saturated carbocycles. The summed E-state index contributed by atoms with van der Waals surface area (Å²) in [6, 6.07) is 15.6. The van der Waals surface area contributed by atoms with Gasteiger partial charge in [0.2, 0.25) is 11.8 Å². The molecule has 2 aromatic carbocycles. The van der Waals surface area contributed by atoms with Crippen molar-refractivity contribution in [3.63, 3.8) is 0 Å². The maximum atomic E-state index is 13.3. The number of carbonyl (C=O) groups is 2.